The van der Waals surface area contributed by atoms with E-state index in [2.05, 4.69) is 47.2 Å². The number of urea groups is 2. The van der Waals surface area contributed by atoms with Gasteiger partial charge in [0.1, 0.15) is 41.8 Å². The molecule has 81 heavy (non-hydrogen) atoms. The zero-order chi connectivity index (χ0) is 59.3. The molecule has 9 N–H and O–H groups in total. The highest BCUT2D eigenvalue weighted by atomic mass is 16.5. The highest BCUT2D eigenvalue weighted by Gasteiger charge is 2.33. The first-order valence-corrected chi connectivity index (χ1v) is 26.8. The zero-order valence-corrected chi connectivity index (χ0v) is 47.6. The first-order chi connectivity index (χ1) is 38.5. The summed E-state index contributed by atoms with van der Waals surface area (Å²) in [5, 5.41) is 38.2. The van der Waals surface area contributed by atoms with Crippen LogP contribution >= 0.6 is 0 Å². The first kappa shape index (κ1) is 63.1. The summed E-state index contributed by atoms with van der Waals surface area (Å²) in [6.07, 6.45) is 0.883. The summed E-state index contributed by atoms with van der Waals surface area (Å²) in [5.41, 5.74) is 5.56. The van der Waals surface area contributed by atoms with E-state index in [0.29, 0.717) is 83.0 Å². The predicted octanol–water partition coefficient (Wildman–Crippen LogP) is 8.13. The molecule has 4 aromatic rings. The number of benzene rings is 4. The van der Waals surface area contributed by atoms with Crippen LogP contribution in [0.15, 0.2) is 94.9 Å². The van der Waals surface area contributed by atoms with Gasteiger partial charge in [0, 0.05) is 24.7 Å². The molecule has 436 valence electrons. The van der Waals surface area contributed by atoms with Crippen molar-refractivity contribution in [2.75, 3.05) is 48.6 Å². The molecular weight excluding hydrogens is 1040 g/mol. The van der Waals surface area contributed by atoms with Gasteiger partial charge in [0.15, 0.2) is 0 Å². The maximum Gasteiger partial charge on any atom is 0.326 e. The van der Waals surface area contributed by atoms with Gasteiger partial charge >= 0.3 is 24.0 Å². The fourth-order valence-corrected chi connectivity index (χ4v) is 8.85. The summed E-state index contributed by atoms with van der Waals surface area (Å²) in [6, 6.07) is 22.3. The van der Waals surface area contributed by atoms with Crippen LogP contribution in [0.25, 0.3) is 0 Å². The van der Waals surface area contributed by atoms with Gasteiger partial charge in [-0.15, -0.1) is 0 Å². The zero-order valence-electron chi connectivity index (χ0n) is 47.6. The summed E-state index contributed by atoms with van der Waals surface area (Å²) in [6.45, 7) is 15.4. The molecule has 7 amide bonds. The Balaban J connectivity index is 0.000000298. The fourth-order valence-electron chi connectivity index (χ4n) is 8.85. The third-order valence-electron chi connectivity index (χ3n) is 12.9. The number of ether oxygens (including phenoxy) is 4. The minimum absolute atomic E-state index is 0.0426. The van der Waals surface area contributed by atoms with Crippen LogP contribution in [-0.4, -0.2) is 121 Å². The molecule has 2 heterocycles. The van der Waals surface area contributed by atoms with Crippen molar-refractivity contribution in [1.29, 1.82) is 0 Å². The monoisotopic (exact) mass is 1120 g/mol. The number of hydrogen-bond donors (Lipinski definition) is 9. The van der Waals surface area contributed by atoms with Crippen molar-refractivity contribution >= 4 is 76.3 Å². The van der Waals surface area contributed by atoms with Crippen LogP contribution < -0.4 is 46.7 Å². The molecule has 0 aliphatic carbocycles. The lowest BCUT2D eigenvalue weighted by atomic mass is 10.0. The molecule has 0 bridgehead atoms. The summed E-state index contributed by atoms with van der Waals surface area (Å²) >= 11 is 0. The second kappa shape index (κ2) is 30.6. The van der Waals surface area contributed by atoms with Gasteiger partial charge in [0.25, 0.3) is 0 Å². The van der Waals surface area contributed by atoms with Crippen LogP contribution in [0.2, 0.25) is 0 Å². The quantitative estimate of drug-likeness (QED) is 0.0303. The van der Waals surface area contributed by atoms with Crippen molar-refractivity contribution in [2.45, 2.75) is 124 Å². The number of carbonyl (C=O) groups excluding carboxylic acids is 5. The lowest BCUT2D eigenvalue weighted by Crippen LogP contribution is -2.44. The standard InChI is InChI=1S/C30H39N5O7.C29H38N4O6/c1-17(2)12-24(28-31-16-21(42-28)15-25(29(38)39)32-19(4)36)33-27(37)14-20-10-11-23(26(13-20)41-5)35-30(40)34-22-9-7-6-8-18(22)3;1-17(2)12-24(27-30-16-21(39-27)13-19(4)28(35)36)31-26(34)15-20-10-11-23(25(14-20)38-5)33-29(37)32-22-9-7-6-8-18(22)3/h6-11,13,17,21,24-25H,12,14-16H2,1-5H3,(H,32,36)(H,33,37)(H,38,39)(H2,34,35,40);6-11,14,17,19,21,24H,12-13,15-16H2,1-5H3,(H,31,34)(H,35,36)(H2,32,33,37). The molecular formula is C59H77N9O13. The number of carboxylic acids is 2. The number of anilines is 4. The van der Waals surface area contributed by atoms with Crippen LogP contribution in [0.3, 0.4) is 0 Å². The number of rotatable bonds is 25. The molecule has 2 aliphatic heterocycles. The smallest absolute Gasteiger partial charge is 0.326 e. The number of methoxy groups -OCH3 is 2. The molecule has 0 fully saturated rings. The van der Waals surface area contributed by atoms with Gasteiger partial charge in [-0.05, 0) is 104 Å². The number of aliphatic imine (C=N–C) groups is 2. The number of aryl methyl sites for hydroxylation is 2. The average Bonchev–Trinajstić information content (AvgIpc) is 4.08. The predicted molar refractivity (Wildman–Crippen MR) is 309 cm³/mol. The van der Waals surface area contributed by atoms with Crippen molar-refractivity contribution in [1.82, 2.24) is 16.0 Å². The van der Waals surface area contributed by atoms with E-state index in [-0.39, 0.29) is 55.6 Å². The van der Waals surface area contributed by atoms with E-state index in [4.69, 9.17) is 18.9 Å². The molecule has 22 heteroatoms. The second-order valence-electron chi connectivity index (χ2n) is 20.8. The SMILES string of the molecule is COc1cc(CC(=O)NC(CC(C)C)C2=NCC(CC(C)C(=O)O)O2)ccc1NC(=O)Nc1ccccc1C.COc1cc(CC(=O)NC(CC(C)C)C2=NCC(CC(NC(C)=O)C(=O)O)O2)ccc1NC(=O)Nc1ccccc1C. The topological polar surface area (TPSA) is 306 Å². The molecule has 6 atom stereocenters. The Morgan fingerprint density at radius 1 is 0.568 bits per heavy atom. The lowest BCUT2D eigenvalue weighted by molar-refractivity contribution is -0.142. The van der Waals surface area contributed by atoms with E-state index in [0.717, 1.165) is 11.1 Å². The van der Waals surface area contributed by atoms with Crippen molar-refractivity contribution < 1.29 is 62.7 Å². The van der Waals surface area contributed by atoms with Gasteiger partial charge in [-0.1, -0.05) is 83.1 Å². The number of hydrogen-bond acceptors (Lipinski definition) is 13. The maximum atomic E-state index is 13.1. The summed E-state index contributed by atoms with van der Waals surface area (Å²) < 4.78 is 22.8. The molecule has 0 spiro atoms. The number of amides is 7. The number of para-hydroxylation sites is 2. The van der Waals surface area contributed by atoms with Crippen molar-refractivity contribution in [2.24, 2.45) is 27.7 Å². The van der Waals surface area contributed by atoms with Gasteiger partial charge in [-0.25, -0.2) is 24.4 Å². The third kappa shape index (κ3) is 20.5. The minimum Gasteiger partial charge on any atom is -0.495 e. The van der Waals surface area contributed by atoms with E-state index < -0.39 is 60.1 Å². The van der Waals surface area contributed by atoms with Crippen LogP contribution in [0, 0.1) is 31.6 Å². The molecule has 0 aromatic heterocycles. The fraction of sp³-hybridized carbons (Fsp3) is 0.441. The van der Waals surface area contributed by atoms with E-state index in [1.54, 1.807) is 49.4 Å². The number of carboxylic acid groups (broad SMARTS) is 2. The van der Waals surface area contributed by atoms with Crippen LogP contribution in [-0.2, 0) is 46.3 Å². The normalized spacial score (nSPS) is 15.8. The largest absolute Gasteiger partial charge is 0.495 e. The molecule has 6 unspecified atom stereocenters. The average molecular weight is 1120 g/mol. The Morgan fingerprint density at radius 3 is 1.35 bits per heavy atom. The van der Waals surface area contributed by atoms with Gasteiger partial charge in [-0.2, -0.15) is 0 Å². The van der Waals surface area contributed by atoms with Gasteiger partial charge in [0.2, 0.25) is 29.5 Å². The summed E-state index contributed by atoms with van der Waals surface area (Å²) in [7, 11) is 2.98. The molecule has 22 nitrogen and oxygen atoms in total. The van der Waals surface area contributed by atoms with Crippen molar-refractivity contribution in [3.05, 3.63) is 107 Å². The molecule has 0 radical (unpaired) electrons. The Labute approximate surface area is 472 Å². The maximum absolute atomic E-state index is 13.1. The van der Waals surface area contributed by atoms with Crippen LogP contribution in [0.4, 0.5) is 32.3 Å². The highest BCUT2D eigenvalue weighted by molar-refractivity contribution is 6.02. The Morgan fingerprint density at radius 2 is 0.975 bits per heavy atom. The highest BCUT2D eigenvalue weighted by Crippen LogP contribution is 2.29. The van der Waals surface area contributed by atoms with Crippen LogP contribution in [0.5, 0.6) is 11.5 Å². The van der Waals surface area contributed by atoms with E-state index in [1.165, 1.54) is 21.1 Å². The number of carbonyl (C=O) groups is 7. The van der Waals surface area contributed by atoms with Crippen molar-refractivity contribution in [3.63, 3.8) is 0 Å². The third-order valence-corrected chi connectivity index (χ3v) is 12.9. The lowest BCUT2D eigenvalue weighted by Gasteiger charge is -2.23. The van der Waals surface area contributed by atoms with Crippen LogP contribution in [0.1, 0.15) is 89.5 Å². The number of nitrogens with one attached hydrogen (secondary N) is 7. The number of nitrogens with zero attached hydrogens (tertiary/aromatic N) is 2. The Kier molecular flexibility index (Phi) is 23.9. The van der Waals surface area contributed by atoms with Gasteiger partial charge < -0.3 is 66.4 Å². The van der Waals surface area contributed by atoms with E-state index in [1.807, 2.05) is 84.0 Å². The van der Waals surface area contributed by atoms with Gasteiger partial charge in [0.05, 0.1) is 57.4 Å². The minimum atomic E-state index is -1.15. The van der Waals surface area contributed by atoms with Gasteiger partial charge in [-0.3, -0.25) is 19.2 Å². The number of aliphatic carboxylic acids is 2. The molecule has 6 rings (SSSR count). The molecule has 0 saturated heterocycles. The molecule has 2 aliphatic rings. The second-order valence-corrected chi connectivity index (χ2v) is 20.8. The Hall–Kier alpha value is -8.69. The van der Waals surface area contributed by atoms with E-state index >= 15 is 0 Å². The Bertz CT molecular complexity index is 2930. The van der Waals surface area contributed by atoms with Crippen molar-refractivity contribution in [3.8, 4) is 11.5 Å². The molecule has 4 aromatic carbocycles. The van der Waals surface area contributed by atoms with E-state index in [9.17, 15) is 43.8 Å². The molecule has 0 saturated carbocycles. The summed E-state index contributed by atoms with van der Waals surface area (Å²) in [5.74, 6) is -1.40. The first-order valence-electron chi connectivity index (χ1n) is 26.8. The summed E-state index contributed by atoms with van der Waals surface area (Å²) in [4.78, 5) is 94.1.